The van der Waals surface area contributed by atoms with Crippen molar-refractivity contribution in [1.82, 2.24) is 10.3 Å². The molecule has 1 aliphatic rings. The summed E-state index contributed by atoms with van der Waals surface area (Å²) in [6.07, 6.45) is 3.67. The van der Waals surface area contributed by atoms with Gasteiger partial charge in [-0.25, -0.2) is 4.98 Å². The Bertz CT molecular complexity index is 1040. The number of aromatic nitrogens is 1. The molecule has 2 aromatic carbocycles. The average Bonchev–Trinajstić information content (AvgIpc) is 2.84. The summed E-state index contributed by atoms with van der Waals surface area (Å²) in [7, 11) is 0. The Balaban J connectivity index is 1.29. The number of hydrogen-bond donors (Lipinski definition) is 1. The molecule has 164 valence electrons. The van der Waals surface area contributed by atoms with Crippen molar-refractivity contribution in [3.05, 3.63) is 90.1 Å². The first-order valence-electron chi connectivity index (χ1n) is 11.0. The topological polar surface area (TPSA) is 71.5 Å². The Hall–Kier alpha value is -3.67. The zero-order valence-corrected chi connectivity index (χ0v) is 17.9. The van der Waals surface area contributed by atoms with Gasteiger partial charge in [0.05, 0.1) is 0 Å². The molecule has 2 amide bonds. The molecule has 0 saturated heterocycles. The molecule has 0 saturated carbocycles. The summed E-state index contributed by atoms with van der Waals surface area (Å²) in [5.41, 5.74) is 2.07. The van der Waals surface area contributed by atoms with E-state index in [-0.39, 0.29) is 11.8 Å². The lowest BCUT2D eigenvalue weighted by Gasteiger charge is -2.33. The van der Waals surface area contributed by atoms with E-state index in [1.54, 1.807) is 17.2 Å². The van der Waals surface area contributed by atoms with Crippen LogP contribution in [0.4, 0.5) is 5.82 Å². The Morgan fingerprint density at radius 2 is 1.72 bits per heavy atom. The molecule has 6 nitrogen and oxygen atoms in total. The van der Waals surface area contributed by atoms with E-state index in [0.717, 1.165) is 18.4 Å². The molecule has 0 aliphatic carbocycles. The fourth-order valence-electron chi connectivity index (χ4n) is 3.81. The van der Waals surface area contributed by atoms with Crippen molar-refractivity contribution in [2.75, 3.05) is 18.0 Å². The van der Waals surface area contributed by atoms with Gasteiger partial charge in [-0.1, -0.05) is 60.7 Å². The number of anilines is 1. The lowest BCUT2D eigenvalue weighted by molar-refractivity contribution is -0.127. The Morgan fingerprint density at radius 3 is 2.50 bits per heavy atom. The van der Waals surface area contributed by atoms with Crippen LogP contribution in [-0.4, -0.2) is 29.9 Å². The van der Waals surface area contributed by atoms with Crippen LogP contribution in [0.15, 0.2) is 79.0 Å². The fourth-order valence-corrected chi connectivity index (χ4v) is 3.81. The second-order valence-corrected chi connectivity index (χ2v) is 7.77. The van der Waals surface area contributed by atoms with Crippen molar-refractivity contribution < 1.29 is 14.3 Å². The van der Waals surface area contributed by atoms with Gasteiger partial charge in [0.2, 0.25) is 12.0 Å². The molecule has 4 rings (SSSR count). The van der Waals surface area contributed by atoms with Gasteiger partial charge < -0.3 is 10.1 Å². The molecule has 0 unspecified atom stereocenters. The van der Waals surface area contributed by atoms with Crippen molar-refractivity contribution in [2.45, 2.75) is 31.8 Å². The number of hydrogen-bond acceptors (Lipinski definition) is 4. The van der Waals surface area contributed by atoms with Gasteiger partial charge in [0.15, 0.2) is 11.6 Å². The number of benzene rings is 2. The molecule has 1 aromatic heterocycles. The van der Waals surface area contributed by atoms with Crippen LogP contribution >= 0.6 is 0 Å². The number of nitrogens with one attached hydrogen (secondary N) is 1. The number of ether oxygens (including phenoxy) is 1. The monoisotopic (exact) mass is 429 g/mol. The van der Waals surface area contributed by atoms with Crippen molar-refractivity contribution in [3.8, 4) is 5.75 Å². The van der Waals surface area contributed by atoms with E-state index in [0.29, 0.717) is 37.5 Å². The summed E-state index contributed by atoms with van der Waals surface area (Å²) in [6, 6.07) is 23.3. The quantitative estimate of drug-likeness (QED) is 0.521. The molecule has 6 heteroatoms. The van der Waals surface area contributed by atoms with E-state index in [9.17, 15) is 9.59 Å². The predicted molar refractivity (Wildman–Crippen MR) is 123 cm³/mol. The van der Waals surface area contributed by atoms with Gasteiger partial charge in [0.25, 0.3) is 5.91 Å². The van der Waals surface area contributed by atoms with Crippen LogP contribution < -0.4 is 15.0 Å². The van der Waals surface area contributed by atoms with Crippen molar-refractivity contribution in [1.29, 1.82) is 0 Å². The number of aryl methyl sites for hydroxylation is 1. The first kappa shape index (κ1) is 21.6. The van der Waals surface area contributed by atoms with Crippen LogP contribution in [0.25, 0.3) is 0 Å². The maximum Gasteiger partial charge on any atom is 0.274 e. The van der Waals surface area contributed by atoms with Crippen molar-refractivity contribution >= 4 is 17.6 Å². The smallest absolute Gasteiger partial charge is 0.274 e. The van der Waals surface area contributed by atoms with Crippen LogP contribution in [0.1, 0.15) is 36.5 Å². The van der Waals surface area contributed by atoms with E-state index in [4.69, 9.17) is 4.74 Å². The van der Waals surface area contributed by atoms with Gasteiger partial charge in [-0.3, -0.25) is 14.5 Å². The minimum absolute atomic E-state index is 0.000348. The number of nitrogens with zero attached hydrogens (tertiary/aromatic N) is 2. The second-order valence-electron chi connectivity index (χ2n) is 7.77. The van der Waals surface area contributed by atoms with Crippen LogP contribution in [0.3, 0.4) is 0 Å². The van der Waals surface area contributed by atoms with Crippen LogP contribution in [0, 0.1) is 0 Å². The van der Waals surface area contributed by atoms with Crippen LogP contribution in [-0.2, 0) is 16.0 Å². The van der Waals surface area contributed by atoms with Crippen LogP contribution in [0.2, 0.25) is 0 Å². The van der Waals surface area contributed by atoms with Gasteiger partial charge in [0.1, 0.15) is 0 Å². The Morgan fingerprint density at radius 1 is 0.969 bits per heavy atom. The Labute approximate surface area is 188 Å². The number of carbonyl (C=O) groups is 2. The number of fused-ring (bicyclic) bond motifs is 1. The second kappa shape index (κ2) is 10.6. The molecule has 0 radical (unpaired) electrons. The third kappa shape index (κ3) is 5.32. The number of carbonyl (C=O) groups excluding carboxylic acids is 2. The summed E-state index contributed by atoms with van der Waals surface area (Å²) in [5.74, 6) is 0.921. The molecule has 0 bridgehead atoms. The van der Waals surface area contributed by atoms with Crippen molar-refractivity contribution in [2.24, 2.45) is 0 Å². The molecule has 3 aromatic rings. The number of pyridine rings is 1. The largest absolute Gasteiger partial charge is 0.472 e. The molecule has 0 fully saturated rings. The van der Waals surface area contributed by atoms with E-state index < -0.39 is 6.10 Å². The summed E-state index contributed by atoms with van der Waals surface area (Å²) >= 11 is 0. The maximum absolute atomic E-state index is 13.2. The highest BCUT2D eigenvalue weighted by Crippen LogP contribution is 2.37. The SMILES string of the molecule is O=C(CCCN1C(=O)[C@@H](c2ccccc2)Oc2cccnc21)NCCCc1ccccc1. The highest BCUT2D eigenvalue weighted by Gasteiger charge is 2.36. The zero-order valence-electron chi connectivity index (χ0n) is 17.9. The first-order chi connectivity index (χ1) is 15.7. The minimum Gasteiger partial charge on any atom is -0.472 e. The number of amides is 2. The Kier molecular flexibility index (Phi) is 7.12. The standard InChI is InChI=1S/C26H27N3O3/c30-23(27-17-7-12-20-10-3-1-4-11-20)16-9-19-29-25-22(15-8-18-28-25)32-24(26(29)31)21-13-5-2-6-14-21/h1-6,8,10-11,13-15,18,24H,7,9,12,16-17,19H2,(H,27,30)/t24-/m1/s1. The first-order valence-corrected chi connectivity index (χ1v) is 11.0. The molecular weight excluding hydrogens is 402 g/mol. The maximum atomic E-state index is 13.2. The fraction of sp³-hybridized carbons (Fsp3) is 0.269. The third-order valence-electron chi connectivity index (χ3n) is 5.44. The average molecular weight is 430 g/mol. The van der Waals surface area contributed by atoms with E-state index in [1.807, 2.05) is 54.6 Å². The summed E-state index contributed by atoms with van der Waals surface area (Å²) in [6.45, 7) is 1.05. The predicted octanol–water partition coefficient (Wildman–Crippen LogP) is 4.08. The summed E-state index contributed by atoms with van der Waals surface area (Å²) in [5, 5.41) is 2.97. The van der Waals surface area contributed by atoms with Gasteiger partial charge in [-0.15, -0.1) is 0 Å². The molecule has 1 atom stereocenters. The van der Waals surface area contributed by atoms with E-state index in [2.05, 4.69) is 22.4 Å². The lowest BCUT2D eigenvalue weighted by atomic mass is 10.1. The molecule has 32 heavy (non-hydrogen) atoms. The van der Waals surface area contributed by atoms with Gasteiger partial charge in [-0.2, -0.15) is 0 Å². The van der Waals surface area contributed by atoms with Crippen LogP contribution in [0.5, 0.6) is 5.75 Å². The summed E-state index contributed by atoms with van der Waals surface area (Å²) < 4.78 is 5.96. The molecular formula is C26H27N3O3. The molecule has 1 aliphatic heterocycles. The summed E-state index contributed by atoms with van der Waals surface area (Å²) in [4.78, 5) is 31.4. The molecule has 2 heterocycles. The highest BCUT2D eigenvalue weighted by molar-refractivity contribution is 5.99. The normalized spacial score (nSPS) is 15.1. The third-order valence-corrected chi connectivity index (χ3v) is 5.44. The van der Waals surface area contributed by atoms with Gasteiger partial charge in [0, 0.05) is 31.3 Å². The lowest BCUT2D eigenvalue weighted by Crippen LogP contribution is -2.42. The zero-order chi connectivity index (χ0) is 22.2. The van der Waals surface area contributed by atoms with Gasteiger partial charge >= 0.3 is 0 Å². The van der Waals surface area contributed by atoms with E-state index in [1.165, 1.54) is 5.56 Å². The highest BCUT2D eigenvalue weighted by atomic mass is 16.5. The van der Waals surface area contributed by atoms with Crippen molar-refractivity contribution in [3.63, 3.8) is 0 Å². The van der Waals surface area contributed by atoms with E-state index >= 15 is 0 Å². The minimum atomic E-state index is -0.709. The van der Waals surface area contributed by atoms with Gasteiger partial charge in [-0.05, 0) is 37.0 Å². The number of rotatable bonds is 9. The molecule has 0 spiro atoms. The molecule has 1 N–H and O–H groups in total.